The van der Waals surface area contributed by atoms with Crippen molar-refractivity contribution >= 4 is 23.2 Å². The number of amides is 2. The molecule has 1 aromatic heterocycles. The van der Waals surface area contributed by atoms with Gasteiger partial charge in [0.1, 0.15) is 11.5 Å². The van der Waals surface area contributed by atoms with E-state index in [1.165, 1.54) is 36.5 Å². The van der Waals surface area contributed by atoms with Crippen LogP contribution in [-0.4, -0.2) is 16.8 Å². The van der Waals surface area contributed by atoms with Crippen LogP contribution in [0.25, 0.3) is 0 Å². The zero-order valence-corrected chi connectivity index (χ0v) is 14.0. The van der Waals surface area contributed by atoms with Gasteiger partial charge in [-0.3, -0.25) is 14.6 Å². The Morgan fingerprint density at radius 3 is 2.31 bits per heavy atom. The van der Waals surface area contributed by atoms with Gasteiger partial charge in [-0.05, 0) is 55.0 Å². The molecule has 130 valence electrons. The summed E-state index contributed by atoms with van der Waals surface area (Å²) < 4.78 is 13.2. The Bertz CT molecular complexity index is 898. The molecule has 0 unspecified atom stereocenters. The van der Waals surface area contributed by atoms with Gasteiger partial charge in [-0.1, -0.05) is 18.2 Å². The van der Waals surface area contributed by atoms with E-state index in [1.54, 1.807) is 12.1 Å². The zero-order valence-electron chi connectivity index (χ0n) is 14.0. The van der Waals surface area contributed by atoms with E-state index >= 15 is 0 Å². The van der Waals surface area contributed by atoms with Crippen LogP contribution in [0.5, 0.6) is 0 Å². The maximum absolute atomic E-state index is 13.2. The number of rotatable bonds is 4. The van der Waals surface area contributed by atoms with Gasteiger partial charge >= 0.3 is 0 Å². The molecule has 0 bridgehead atoms. The number of hydrogen-bond donors (Lipinski definition) is 2. The van der Waals surface area contributed by atoms with Crippen molar-refractivity contribution in [3.05, 3.63) is 89.5 Å². The van der Waals surface area contributed by atoms with E-state index in [-0.39, 0.29) is 11.3 Å². The van der Waals surface area contributed by atoms with E-state index in [4.69, 9.17) is 0 Å². The van der Waals surface area contributed by atoms with E-state index < -0.39 is 17.6 Å². The van der Waals surface area contributed by atoms with E-state index in [0.29, 0.717) is 11.4 Å². The van der Waals surface area contributed by atoms with E-state index in [9.17, 15) is 14.0 Å². The van der Waals surface area contributed by atoms with Gasteiger partial charge in [-0.2, -0.15) is 0 Å². The number of hydrogen-bond acceptors (Lipinski definition) is 3. The highest BCUT2D eigenvalue weighted by Crippen LogP contribution is 2.13. The fraction of sp³-hybridized carbons (Fsp3) is 0.0500. The van der Waals surface area contributed by atoms with E-state index in [2.05, 4.69) is 15.6 Å². The highest BCUT2D eigenvalue weighted by Gasteiger charge is 2.12. The van der Waals surface area contributed by atoms with Gasteiger partial charge in [-0.25, -0.2) is 4.39 Å². The first-order valence-electron chi connectivity index (χ1n) is 7.92. The van der Waals surface area contributed by atoms with Gasteiger partial charge in [-0.15, -0.1) is 0 Å². The molecular formula is C20H16FN3O2. The Morgan fingerprint density at radius 1 is 0.885 bits per heavy atom. The minimum atomic E-state index is -0.456. The first-order valence-corrected chi connectivity index (χ1v) is 7.92. The predicted molar refractivity (Wildman–Crippen MR) is 97.7 cm³/mol. The Morgan fingerprint density at radius 2 is 1.58 bits per heavy atom. The first kappa shape index (κ1) is 17.3. The summed E-state index contributed by atoms with van der Waals surface area (Å²) in [5.41, 5.74) is 2.35. The molecule has 0 radical (unpaired) electrons. The summed E-state index contributed by atoms with van der Waals surface area (Å²) >= 11 is 0. The third kappa shape index (κ3) is 4.30. The Kier molecular flexibility index (Phi) is 5.03. The minimum Gasteiger partial charge on any atom is -0.322 e. The van der Waals surface area contributed by atoms with Crippen molar-refractivity contribution in [1.82, 2.24) is 4.98 Å². The molecule has 0 spiro atoms. The molecule has 1 heterocycles. The summed E-state index contributed by atoms with van der Waals surface area (Å²) in [6.07, 6.45) is 1.38. The summed E-state index contributed by atoms with van der Waals surface area (Å²) in [5.74, 6) is -1.32. The maximum atomic E-state index is 13.2. The number of pyridine rings is 1. The van der Waals surface area contributed by atoms with Crippen molar-refractivity contribution in [3.8, 4) is 0 Å². The molecule has 2 amide bonds. The topological polar surface area (TPSA) is 71.1 Å². The molecule has 0 fully saturated rings. The SMILES string of the molecule is Cc1cccc(NC(=O)c2cc(C(=O)Nc3cccc(F)c3)ccn2)c1. The van der Waals surface area contributed by atoms with Crippen LogP contribution >= 0.6 is 0 Å². The molecule has 0 atom stereocenters. The van der Waals surface area contributed by atoms with Gasteiger partial charge in [0, 0.05) is 23.1 Å². The van der Waals surface area contributed by atoms with Crippen LogP contribution in [0, 0.1) is 12.7 Å². The second kappa shape index (κ2) is 7.57. The number of aromatic nitrogens is 1. The van der Waals surface area contributed by atoms with Crippen LogP contribution in [0.1, 0.15) is 26.4 Å². The molecule has 3 aromatic rings. The van der Waals surface area contributed by atoms with E-state index in [0.717, 1.165) is 5.56 Å². The van der Waals surface area contributed by atoms with Gasteiger partial charge < -0.3 is 10.6 Å². The Balaban J connectivity index is 1.75. The number of benzene rings is 2. The molecular weight excluding hydrogens is 333 g/mol. The fourth-order valence-electron chi connectivity index (χ4n) is 2.38. The molecule has 2 N–H and O–H groups in total. The molecule has 0 aliphatic carbocycles. The van der Waals surface area contributed by atoms with Gasteiger partial charge in [0.05, 0.1) is 0 Å². The monoisotopic (exact) mass is 349 g/mol. The summed E-state index contributed by atoms with van der Waals surface area (Å²) in [6, 6.07) is 15.8. The second-order valence-electron chi connectivity index (χ2n) is 5.72. The number of aryl methyl sites for hydroxylation is 1. The molecule has 0 saturated heterocycles. The number of carbonyl (C=O) groups excluding carboxylic acids is 2. The quantitative estimate of drug-likeness (QED) is 0.747. The first-order chi connectivity index (χ1) is 12.5. The second-order valence-corrected chi connectivity index (χ2v) is 5.72. The molecule has 0 aliphatic heterocycles. The van der Waals surface area contributed by atoms with Crippen LogP contribution in [0.3, 0.4) is 0 Å². The molecule has 26 heavy (non-hydrogen) atoms. The largest absolute Gasteiger partial charge is 0.322 e. The van der Waals surface area contributed by atoms with Crippen molar-refractivity contribution in [1.29, 1.82) is 0 Å². The van der Waals surface area contributed by atoms with Crippen LogP contribution in [0.2, 0.25) is 0 Å². The normalized spacial score (nSPS) is 10.2. The molecule has 5 nitrogen and oxygen atoms in total. The number of nitrogens with zero attached hydrogens (tertiary/aromatic N) is 1. The molecule has 2 aromatic carbocycles. The van der Waals surface area contributed by atoms with E-state index in [1.807, 2.05) is 25.1 Å². The lowest BCUT2D eigenvalue weighted by molar-refractivity contribution is 0.102. The van der Waals surface area contributed by atoms with Crippen LogP contribution in [0.15, 0.2) is 66.9 Å². The predicted octanol–water partition coefficient (Wildman–Crippen LogP) is 4.03. The summed E-state index contributed by atoms with van der Waals surface area (Å²) in [7, 11) is 0. The lowest BCUT2D eigenvalue weighted by Crippen LogP contribution is -2.17. The summed E-state index contributed by atoms with van der Waals surface area (Å²) in [4.78, 5) is 28.7. The van der Waals surface area contributed by atoms with Gasteiger partial charge in [0.25, 0.3) is 11.8 Å². The van der Waals surface area contributed by atoms with Crippen LogP contribution < -0.4 is 10.6 Å². The number of anilines is 2. The third-order valence-electron chi connectivity index (χ3n) is 3.61. The van der Waals surface area contributed by atoms with Crippen molar-refractivity contribution in [2.45, 2.75) is 6.92 Å². The lowest BCUT2D eigenvalue weighted by Gasteiger charge is -2.08. The average Bonchev–Trinajstić information content (AvgIpc) is 2.62. The molecule has 6 heteroatoms. The lowest BCUT2D eigenvalue weighted by atomic mass is 10.2. The maximum Gasteiger partial charge on any atom is 0.274 e. The Labute approximate surface area is 149 Å². The van der Waals surface area contributed by atoms with Crippen molar-refractivity contribution in [2.75, 3.05) is 10.6 Å². The molecule has 0 saturated carbocycles. The third-order valence-corrected chi connectivity index (χ3v) is 3.61. The minimum absolute atomic E-state index is 0.110. The van der Waals surface area contributed by atoms with Crippen molar-refractivity contribution in [2.24, 2.45) is 0 Å². The van der Waals surface area contributed by atoms with Gasteiger partial charge in [0.15, 0.2) is 0 Å². The molecule has 3 rings (SSSR count). The van der Waals surface area contributed by atoms with Crippen LogP contribution in [-0.2, 0) is 0 Å². The smallest absolute Gasteiger partial charge is 0.274 e. The summed E-state index contributed by atoms with van der Waals surface area (Å²) in [5, 5.41) is 5.32. The van der Waals surface area contributed by atoms with Crippen molar-refractivity contribution in [3.63, 3.8) is 0 Å². The standard InChI is InChI=1S/C20H16FN3O2/c1-13-4-2-6-16(10-13)24-20(26)18-11-14(8-9-22-18)19(25)23-17-7-3-5-15(21)12-17/h2-12H,1H3,(H,23,25)(H,24,26). The Hall–Kier alpha value is -3.54. The molecule has 0 aliphatic rings. The number of carbonyl (C=O) groups is 2. The highest BCUT2D eigenvalue weighted by molar-refractivity contribution is 6.07. The van der Waals surface area contributed by atoms with Gasteiger partial charge in [0.2, 0.25) is 0 Å². The number of nitrogens with one attached hydrogen (secondary N) is 2. The fourth-order valence-corrected chi connectivity index (χ4v) is 2.38. The highest BCUT2D eigenvalue weighted by atomic mass is 19.1. The summed E-state index contributed by atoms with van der Waals surface area (Å²) in [6.45, 7) is 1.92. The van der Waals surface area contributed by atoms with Crippen LogP contribution in [0.4, 0.5) is 15.8 Å². The number of halogens is 1. The van der Waals surface area contributed by atoms with Crippen molar-refractivity contribution < 1.29 is 14.0 Å². The zero-order chi connectivity index (χ0) is 18.5. The average molecular weight is 349 g/mol.